The Morgan fingerprint density at radius 2 is 1.65 bits per heavy atom. The molecule has 23 heavy (non-hydrogen) atoms. The lowest BCUT2D eigenvalue weighted by molar-refractivity contribution is -0.141. The number of piperazine rings is 1. The van der Waals surface area contributed by atoms with Gasteiger partial charge in [-0.25, -0.2) is 9.97 Å². The quantitative estimate of drug-likeness (QED) is 0.909. The van der Waals surface area contributed by atoms with Gasteiger partial charge in [0.2, 0.25) is 5.95 Å². The molecule has 2 heterocycles. The molecule has 4 nitrogen and oxygen atoms in total. The minimum Gasteiger partial charge on any atom is -0.338 e. The number of nitrogens with one attached hydrogen (secondary N) is 1. The summed E-state index contributed by atoms with van der Waals surface area (Å²) in [5.41, 5.74) is 0.0260. The van der Waals surface area contributed by atoms with Crippen LogP contribution in [0.3, 0.4) is 0 Å². The Balaban J connectivity index is 0.00000192. The highest BCUT2D eigenvalue weighted by atomic mass is 35.5. The van der Waals surface area contributed by atoms with Gasteiger partial charge in [-0.1, -0.05) is 30.3 Å². The molecule has 0 amide bonds. The zero-order chi connectivity index (χ0) is 15.6. The second-order valence-electron chi connectivity index (χ2n) is 5.04. The fourth-order valence-electron chi connectivity index (χ4n) is 2.34. The van der Waals surface area contributed by atoms with Crippen molar-refractivity contribution in [3.05, 3.63) is 42.1 Å². The normalized spacial score (nSPS) is 15.2. The average Bonchev–Trinajstić information content (AvgIpc) is 2.55. The highest BCUT2D eigenvalue weighted by Gasteiger charge is 2.34. The third kappa shape index (κ3) is 4.11. The molecular weight excluding hydrogens is 329 g/mol. The van der Waals surface area contributed by atoms with Crippen LogP contribution >= 0.6 is 12.4 Å². The van der Waals surface area contributed by atoms with Crippen molar-refractivity contribution in [2.45, 2.75) is 6.18 Å². The maximum atomic E-state index is 13.1. The van der Waals surface area contributed by atoms with E-state index in [1.807, 2.05) is 6.07 Å². The lowest BCUT2D eigenvalue weighted by Crippen LogP contribution is -2.44. The van der Waals surface area contributed by atoms with Crippen LogP contribution in [0.5, 0.6) is 0 Å². The summed E-state index contributed by atoms with van der Waals surface area (Å²) in [6.07, 6.45) is -4.49. The number of anilines is 1. The molecule has 1 saturated heterocycles. The van der Waals surface area contributed by atoms with E-state index in [9.17, 15) is 13.2 Å². The first-order valence-electron chi connectivity index (χ1n) is 7.01. The van der Waals surface area contributed by atoms with E-state index in [-0.39, 0.29) is 24.0 Å². The maximum Gasteiger partial charge on any atom is 0.433 e. The summed E-state index contributed by atoms with van der Waals surface area (Å²) >= 11 is 0. The van der Waals surface area contributed by atoms with E-state index in [0.717, 1.165) is 6.07 Å². The Labute approximate surface area is 138 Å². The molecule has 0 spiro atoms. The Morgan fingerprint density at radius 1 is 1.00 bits per heavy atom. The lowest BCUT2D eigenvalue weighted by atomic mass is 10.1. The Hall–Kier alpha value is -1.86. The summed E-state index contributed by atoms with van der Waals surface area (Å²) in [6.45, 7) is 2.60. The van der Waals surface area contributed by atoms with Gasteiger partial charge in [0.25, 0.3) is 0 Å². The maximum absolute atomic E-state index is 13.1. The molecule has 0 atom stereocenters. The van der Waals surface area contributed by atoms with Crippen LogP contribution in [-0.4, -0.2) is 36.1 Å². The fraction of sp³-hybridized carbons (Fsp3) is 0.333. The molecule has 0 saturated carbocycles. The molecule has 3 rings (SSSR count). The molecule has 2 aromatic rings. The Bertz CT molecular complexity index is 643. The summed E-state index contributed by atoms with van der Waals surface area (Å²) < 4.78 is 39.3. The second kappa shape index (κ2) is 7.14. The molecule has 0 unspecified atom stereocenters. The first-order chi connectivity index (χ1) is 10.5. The number of rotatable bonds is 2. The number of alkyl halides is 3. The van der Waals surface area contributed by atoms with Crippen molar-refractivity contribution in [1.29, 1.82) is 0 Å². The van der Waals surface area contributed by atoms with E-state index in [1.54, 1.807) is 29.2 Å². The highest BCUT2D eigenvalue weighted by molar-refractivity contribution is 5.85. The van der Waals surface area contributed by atoms with Crippen LogP contribution in [0.1, 0.15) is 5.69 Å². The van der Waals surface area contributed by atoms with Crippen molar-refractivity contribution in [3.63, 3.8) is 0 Å². The molecule has 124 valence electrons. The molecule has 0 radical (unpaired) electrons. The molecule has 1 aliphatic rings. The van der Waals surface area contributed by atoms with E-state index < -0.39 is 11.9 Å². The van der Waals surface area contributed by atoms with Crippen molar-refractivity contribution in [2.75, 3.05) is 31.1 Å². The Kier molecular flexibility index (Phi) is 5.43. The SMILES string of the molecule is Cl.FC(F)(F)c1cc(-c2ccccc2)nc(N2CCNCC2)n1. The van der Waals surface area contributed by atoms with E-state index in [4.69, 9.17) is 0 Å². The highest BCUT2D eigenvalue weighted by Crippen LogP contribution is 2.31. The van der Waals surface area contributed by atoms with Crippen molar-refractivity contribution in [1.82, 2.24) is 15.3 Å². The zero-order valence-corrected chi connectivity index (χ0v) is 13.0. The zero-order valence-electron chi connectivity index (χ0n) is 12.2. The smallest absolute Gasteiger partial charge is 0.338 e. The van der Waals surface area contributed by atoms with Crippen molar-refractivity contribution in [2.24, 2.45) is 0 Å². The first kappa shape index (κ1) is 17.5. The van der Waals surface area contributed by atoms with E-state index in [0.29, 0.717) is 31.7 Å². The van der Waals surface area contributed by atoms with Gasteiger partial charge >= 0.3 is 6.18 Å². The van der Waals surface area contributed by atoms with Gasteiger partial charge in [-0.05, 0) is 6.07 Å². The minimum absolute atomic E-state index is 0. The van der Waals surface area contributed by atoms with E-state index in [2.05, 4.69) is 15.3 Å². The lowest BCUT2D eigenvalue weighted by Gasteiger charge is -2.28. The van der Waals surface area contributed by atoms with Crippen LogP contribution in [0.4, 0.5) is 19.1 Å². The number of nitrogens with zero attached hydrogens (tertiary/aromatic N) is 3. The van der Waals surface area contributed by atoms with Crippen molar-refractivity contribution in [3.8, 4) is 11.3 Å². The van der Waals surface area contributed by atoms with Gasteiger partial charge in [0.05, 0.1) is 5.69 Å². The summed E-state index contributed by atoms with van der Waals surface area (Å²) in [5.74, 6) is 0.134. The van der Waals surface area contributed by atoms with Gasteiger partial charge in [-0.2, -0.15) is 13.2 Å². The van der Waals surface area contributed by atoms with Crippen LogP contribution < -0.4 is 10.2 Å². The molecule has 1 aliphatic heterocycles. The first-order valence-corrected chi connectivity index (χ1v) is 7.01. The molecular formula is C15H16ClF3N4. The largest absolute Gasteiger partial charge is 0.433 e. The van der Waals surface area contributed by atoms with Gasteiger partial charge < -0.3 is 10.2 Å². The Morgan fingerprint density at radius 3 is 2.26 bits per heavy atom. The van der Waals surface area contributed by atoms with Crippen LogP contribution in [0.15, 0.2) is 36.4 Å². The van der Waals surface area contributed by atoms with Crippen LogP contribution in [-0.2, 0) is 6.18 Å². The topological polar surface area (TPSA) is 41.1 Å². The molecule has 1 aromatic heterocycles. The fourth-order valence-corrected chi connectivity index (χ4v) is 2.34. The van der Waals surface area contributed by atoms with Crippen molar-refractivity contribution < 1.29 is 13.2 Å². The summed E-state index contributed by atoms with van der Waals surface area (Å²) in [6, 6.07) is 9.84. The number of hydrogen-bond acceptors (Lipinski definition) is 4. The summed E-state index contributed by atoms with van der Waals surface area (Å²) in [5, 5.41) is 3.16. The summed E-state index contributed by atoms with van der Waals surface area (Å²) in [4.78, 5) is 9.82. The molecule has 8 heteroatoms. The van der Waals surface area contributed by atoms with Crippen LogP contribution in [0.25, 0.3) is 11.3 Å². The van der Waals surface area contributed by atoms with Crippen LogP contribution in [0.2, 0.25) is 0 Å². The van der Waals surface area contributed by atoms with Crippen LogP contribution in [0, 0.1) is 0 Å². The second-order valence-corrected chi connectivity index (χ2v) is 5.04. The van der Waals surface area contributed by atoms with Gasteiger partial charge in [0.1, 0.15) is 0 Å². The predicted molar refractivity (Wildman–Crippen MR) is 84.8 cm³/mol. The monoisotopic (exact) mass is 344 g/mol. The third-order valence-electron chi connectivity index (χ3n) is 3.47. The van der Waals surface area contributed by atoms with Gasteiger partial charge in [-0.3, -0.25) is 0 Å². The number of hydrogen-bond donors (Lipinski definition) is 1. The number of aromatic nitrogens is 2. The molecule has 1 N–H and O–H groups in total. The third-order valence-corrected chi connectivity index (χ3v) is 3.47. The molecule has 0 aliphatic carbocycles. The number of benzene rings is 1. The molecule has 1 aromatic carbocycles. The number of halogens is 4. The van der Waals surface area contributed by atoms with Crippen molar-refractivity contribution >= 4 is 18.4 Å². The van der Waals surface area contributed by atoms with Gasteiger partial charge in [0.15, 0.2) is 5.69 Å². The van der Waals surface area contributed by atoms with Gasteiger partial charge in [0, 0.05) is 31.7 Å². The standard InChI is InChI=1S/C15H15F3N4.ClH/c16-15(17,18)13-10-12(11-4-2-1-3-5-11)20-14(21-13)22-8-6-19-7-9-22;/h1-5,10,19H,6-9H2;1H. The predicted octanol–water partition coefficient (Wildman–Crippen LogP) is 2.99. The van der Waals surface area contributed by atoms with E-state index in [1.165, 1.54) is 0 Å². The molecule has 0 bridgehead atoms. The molecule has 1 fully saturated rings. The summed E-state index contributed by atoms with van der Waals surface area (Å²) in [7, 11) is 0. The minimum atomic E-state index is -4.49. The van der Waals surface area contributed by atoms with Gasteiger partial charge in [-0.15, -0.1) is 12.4 Å². The average molecular weight is 345 g/mol. The van der Waals surface area contributed by atoms with E-state index >= 15 is 0 Å².